The molecule has 0 spiro atoms. The van der Waals surface area contributed by atoms with Gasteiger partial charge in [-0.3, -0.25) is 10.1 Å². The van der Waals surface area contributed by atoms with Crippen LogP contribution in [0.15, 0.2) is 53.1 Å². The number of nitro benzene ring substituents is 1. The summed E-state index contributed by atoms with van der Waals surface area (Å²) in [6.07, 6.45) is 0. The van der Waals surface area contributed by atoms with Gasteiger partial charge in [0.05, 0.1) is 16.4 Å². The number of hydrogen-bond donors (Lipinski definition) is 1. The lowest BCUT2D eigenvalue weighted by molar-refractivity contribution is -0.384. The Morgan fingerprint density at radius 2 is 2.03 bits per heavy atom. The third kappa shape index (κ3) is 5.21. The topological polar surface area (TPSA) is 155 Å². The number of halogens is 1. The Morgan fingerprint density at radius 1 is 1.39 bits per heavy atom. The zero-order chi connectivity index (χ0) is 23.3. The van der Waals surface area contributed by atoms with E-state index in [1.54, 1.807) is 0 Å². The molecule has 0 aromatic heterocycles. The molecule has 11 heteroatoms. The minimum atomic E-state index is -1.03. The number of hydrogen-bond acceptors (Lipinski definition) is 9. The first-order valence-corrected chi connectivity index (χ1v) is 9.18. The molecule has 2 rings (SSSR count). The number of nitrogens with zero attached hydrogens (tertiary/aromatic N) is 2. The van der Waals surface area contributed by atoms with Crippen LogP contribution in [0.3, 0.4) is 0 Å². The van der Waals surface area contributed by atoms with Crippen LogP contribution in [0.1, 0.15) is 25.3 Å². The van der Waals surface area contributed by atoms with Crippen molar-refractivity contribution in [3.05, 3.63) is 73.8 Å². The smallest absolute Gasteiger partial charge is 0.338 e. The van der Waals surface area contributed by atoms with Crippen molar-refractivity contribution in [3.63, 3.8) is 0 Å². The van der Waals surface area contributed by atoms with Crippen molar-refractivity contribution in [1.82, 2.24) is 0 Å². The average Bonchev–Trinajstić information content (AvgIpc) is 2.69. The van der Waals surface area contributed by atoms with Gasteiger partial charge >= 0.3 is 11.9 Å². The molecule has 1 aliphatic heterocycles. The summed E-state index contributed by atoms with van der Waals surface area (Å²) in [4.78, 5) is 34.5. The van der Waals surface area contributed by atoms with Crippen LogP contribution in [0.25, 0.3) is 0 Å². The Bertz CT molecular complexity index is 1070. The first-order valence-electron chi connectivity index (χ1n) is 8.80. The molecule has 0 saturated carbocycles. The van der Waals surface area contributed by atoms with E-state index in [2.05, 4.69) is 6.58 Å². The van der Waals surface area contributed by atoms with Gasteiger partial charge in [-0.2, -0.15) is 5.26 Å². The lowest BCUT2D eigenvalue weighted by Gasteiger charge is -2.27. The van der Waals surface area contributed by atoms with Crippen LogP contribution in [-0.4, -0.2) is 30.1 Å². The molecule has 10 nitrogen and oxygen atoms in total. The maximum atomic E-state index is 12.8. The zero-order valence-corrected chi connectivity index (χ0v) is 17.4. The summed E-state index contributed by atoms with van der Waals surface area (Å²) < 4.78 is 15.3. The second kappa shape index (κ2) is 9.77. The molecule has 1 aromatic carbocycles. The van der Waals surface area contributed by atoms with Crippen LogP contribution in [0.4, 0.5) is 5.69 Å². The van der Waals surface area contributed by atoms with Gasteiger partial charge in [-0.25, -0.2) is 9.59 Å². The Kier molecular flexibility index (Phi) is 7.39. The highest BCUT2D eigenvalue weighted by Crippen LogP contribution is 2.41. The van der Waals surface area contributed by atoms with Crippen LogP contribution >= 0.6 is 11.6 Å². The molecule has 0 fully saturated rings. The Morgan fingerprint density at radius 3 is 2.58 bits per heavy atom. The van der Waals surface area contributed by atoms with E-state index in [-0.39, 0.29) is 52.3 Å². The van der Waals surface area contributed by atoms with E-state index in [0.717, 1.165) is 6.07 Å². The maximum Gasteiger partial charge on any atom is 0.338 e. The number of nitro groups is 1. The van der Waals surface area contributed by atoms with Crippen LogP contribution in [0.2, 0.25) is 5.02 Å². The van der Waals surface area contributed by atoms with Gasteiger partial charge in [-0.05, 0) is 25.5 Å². The van der Waals surface area contributed by atoms with Gasteiger partial charge in [0.25, 0.3) is 5.69 Å². The molecule has 0 unspecified atom stereocenters. The lowest BCUT2D eigenvalue weighted by Crippen LogP contribution is -2.26. The maximum absolute atomic E-state index is 12.8. The molecule has 0 aliphatic carbocycles. The normalized spacial score (nSPS) is 15.6. The van der Waals surface area contributed by atoms with Crippen molar-refractivity contribution < 1.29 is 28.7 Å². The third-order valence-corrected chi connectivity index (χ3v) is 4.53. The highest BCUT2D eigenvalue weighted by molar-refractivity contribution is 6.32. The largest absolute Gasteiger partial charge is 0.459 e. The number of nitriles is 1. The van der Waals surface area contributed by atoms with E-state index in [0.29, 0.717) is 5.56 Å². The number of ether oxygens (including phenoxy) is 3. The van der Waals surface area contributed by atoms with E-state index in [4.69, 9.17) is 31.5 Å². The van der Waals surface area contributed by atoms with Gasteiger partial charge in [0, 0.05) is 11.6 Å². The molecular weight excluding hydrogens is 430 g/mol. The molecule has 1 aliphatic rings. The van der Waals surface area contributed by atoms with Gasteiger partial charge in [0.15, 0.2) is 0 Å². The van der Waals surface area contributed by atoms with Gasteiger partial charge in [0.2, 0.25) is 5.88 Å². The number of esters is 2. The first-order chi connectivity index (χ1) is 14.6. The second-order valence-corrected chi connectivity index (χ2v) is 6.82. The van der Waals surface area contributed by atoms with E-state index >= 15 is 0 Å². The van der Waals surface area contributed by atoms with Crippen molar-refractivity contribution >= 4 is 29.2 Å². The van der Waals surface area contributed by atoms with Crippen LogP contribution < -0.4 is 5.73 Å². The molecule has 162 valence electrons. The monoisotopic (exact) mass is 447 g/mol. The van der Waals surface area contributed by atoms with Crippen molar-refractivity contribution in [3.8, 4) is 6.07 Å². The first kappa shape index (κ1) is 23.4. The molecule has 0 bridgehead atoms. The fourth-order valence-corrected chi connectivity index (χ4v) is 3.06. The van der Waals surface area contributed by atoms with Gasteiger partial charge in [0.1, 0.15) is 35.6 Å². The summed E-state index contributed by atoms with van der Waals surface area (Å²) in [5.41, 5.74) is 5.85. The molecule has 1 aromatic rings. The molecule has 0 amide bonds. The molecule has 2 N–H and O–H groups in total. The highest BCUT2D eigenvalue weighted by Gasteiger charge is 2.37. The van der Waals surface area contributed by atoms with Gasteiger partial charge in [-0.15, -0.1) is 0 Å². The number of benzene rings is 1. The standard InChI is InChI=1S/C20H18ClN3O7/c1-10(2)19(25)29-6-7-30-20(26)16-11(3)31-18(23)13(9-22)17(16)12-4-5-15(24(27)28)14(21)8-12/h4-5,8,17H,1,6-7,23H2,2-3H3/t17-/m1/s1. The molecule has 1 heterocycles. The summed E-state index contributed by atoms with van der Waals surface area (Å²) in [5.74, 6) is -2.63. The average molecular weight is 448 g/mol. The highest BCUT2D eigenvalue weighted by atomic mass is 35.5. The van der Waals surface area contributed by atoms with E-state index < -0.39 is 22.8 Å². The summed E-state index contributed by atoms with van der Waals surface area (Å²) >= 11 is 6.00. The molecular formula is C20H18ClN3O7. The number of nitrogens with two attached hydrogens (primary N) is 1. The molecule has 31 heavy (non-hydrogen) atoms. The number of rotatable bonds is 7. The van der Waals surface area contributed by atoms with E-state index in [9.17, 15) is 25.0 Å². The van der Waals surface area contributed by atoms with Gasteiger partial charge in [-0.1, -0.05) is 24.2 Å². The molecule has 0 radical (unpaired) electrons. The number of carbonyl (C=O) groups is 2. The summed E-state index contributed by atoms with van der Waals surface area (Å²) in [6.45, 7) is 5.90. The van der Waals surface area contributed by atoms with E-state index in [1.165, 1.54) is 26.0 Å². The van der Waals surface area contributed by atoms with Crippen molar-refractivity contribution in [2.24, 2.45) is 5.73 Å². The zero-order valence-electron chi connectivity index (χ0n) is 16.6. The lowest BCUT2D eigenvalue weighted by atomic mass is 9.83. The van der Waals surface area contributed by atoms with Crippen molar-refractivity contribution in [2.45, 2.75) is 19.8 Å². The SMILES string of the molecule is C=C(C)C(=O)OCCOC(=O)C1=C(C)OC(N)=C(C#N)[C@H]1c1ccc([N+](=O)[O-])c(Cl)c1. The minimum Gasteiger partial charge on any atom is -0.459 e. The molecule has 1 atom stereocenters. The second-order valence-electron chi connectivity index (χ2n) is 6.41. The third-order valence-electron chi connectivity index (χ3n) is 4.23. The summed E-state index contributed by atoms with van der Waals surface area (Å²) in [7, 11) is 0. The number of allylic oxidation sites excluding steroid dienone is 2. The summed E-state index contributed by atoms with van der Waals surface area (Å²) in [5, 5.41) is 20.4. The van der Waals surface area contributed by atoms with Crippen LogP contribution in [0, 0.1) is 21.4 Å². The Hall–Kier alpha value is -3.84. The fourth-order valence-electron chi connectivity index (χ4n) is 2.80. The van der Waals surface area contributed by atoms with Crippen LogP contribution in [0.5, 0.6) is 0 Å². The predicted molar refractivity (Wildman–Crippen MR) is 108 cm³/mol. The van der Waals surface area contributed by atoms with E-state index in [1.807, 2.05) is 6.07 Å². The van der Waals surface area contributed by atoms with Crippen LogP contribution in [-0.2, 0) is 23.8 Å². The Balaban J connectivity index is 2.34. The van der Waals surface area contributed by atoms with Gasteiger partial charge < -0.3 is 19.9 Å². The van der Waals surface area contributed by atoms with Crippen molar-refractivity contribution in [1.29, 1.82) is 5.26 Å². The quantitative estimate of drug-likeness (QED) is 0.218. The summed E-state index contributed by atoms with van der Waals surface area (Å²) in [6, 6.07) is 5.69. The number of carbonyl (C=O) groups excluding carboxylic acids is 2. The van der Waals surface area contributed by atoms with Crippen molar-refractivity contribution in [2.75, 3.05) is 13.2 Å². The predicted octanol–water partition coefficient (Wildman–Crippen LogP) is 2.99. The minimum absolute atomic E-state index is 0.0399. The molecule has 0 saturated heterocycles. The fraction of sp³-hybridized carbons (Fsp3) is 0.250. The Labute approximate surface area is 182 Å².